The van der Waals surface area contributed by atoms with Gasteiger partial charge in [0.15, 0.2) is 0 Å². The van der Waals surface area contributed by atoms with Crippen molar-refractivity contribution in [2.45, 2.75) is 19.7 Å². The third kappa shape index (κ3) is 3.99. The van der Waals surface area contributed by atoms with E-state index < -0.39 is 6.36 Å². The molecule has 0 bridgehead atoms. The van der Waals surface area contributed by atoms with Crippen molar-refractivity contribution in [3.05, 3.63) is 53.6 Å². The quantitative estimate of drug-likeness (QED) is 0.826. The third-order valence-corrected chi connectivity index (χ3v) is 3.04. The van der Waals surface area contributed by atoms with Crippen LogP contribution in [0.4, 0.5) is 13.2 Å². The van der Waals surface area contributed by atoms with Gasteiger partial charge in [0.25, 0.3) is 0 Å². The number of nitriles is 1. The van der Waals surface area contributed by atoms with Gasteiger partial charge in [0, 0.05) is 0 Å². The van der Waals surface area contributed by atoms with E-state index in [0.717, 1.165) is 22.3 Å². The van der Waals surface area contributed by atoms with Gasteiger partial charge < -0.3 is 4.74 Å². The standard InChI is InChI=1S/C16H12F3NO/c1-11-2-3-14(10-13(11)8-9-20)12-4-6-15(7-5-12)21-16(17,18)19/h2-7,10H,8H2,1H3. The average molecular weight is 291 g/mol. The van der Waals surface area contributed by atoms with E-state index in [1.54, 1.807) is 12.1 Å². The molecule has 0 fully saturated rings. The van der Waals surface area contributed by atoms with Gasteiger partial charge in [0.05, 0.1) is 12.5 Å². The molecule has 0 N–H and O–H groups in total. The number of alkyl halides is 3. The number of hydrogen-bond donors (Lipinski definition) is 0. The SMILES string of the molecule is Cc1ccc(-c2ccc(OC(F)(F)F)cc2)cc1CC#N. The number of aryl methyl sites for hydroxylation is 1. The summed E-state index contributed by atoms with van der Waals surface area (Å²) in [5, 5.41) is 8.78. The summed E-state index contributed by atoms with van der Waals surface area (Å²) >= 11 is 0. The summed E-state index contributed by atoms with van der Waals surface area (Å²) in [6.07, 6.45) is -4.39. The summed E-state index contributed by atoms with van der Waals surface area (Å²) in [7, 11) is 0. The molecule has 2 rings (SSSR count). The van der Waals surface area contributed by atoms with Gasteiger partial charge in [-0.25, -0.2) is 0 Å². The van der Waals surface area contributed by atoms with Crippen molar-refractivity contribution in [2.75, 3.05) is 0 Å². The van der Waals surface area contributed by atoms with E-state index in [-0.39, 0.29) is 5.75 Å². The van der Waals surface area contributed by atoms with Gasteiger partial charge in [-0.3, -0.25) is 0 Å². The number of halogens is 3. The van der Waals surface area contributed by atoms with Gasteiger partial charge in [0.2, 0.25) is 0 Å². The van der Waals surface area contributed by atoms with Gasteiger partial charge in [-0.05, 0) is 47.4 Å². The van der Waals surface area contributed by atoms with Crippen molar-refractivity contribution in [2.24, 2.45) is 0 Å². The van der Waals surface area contributed by atoms with Crippen LogP contribution in [0.1, 0.15) is 11.1 Å². The first-order chi connectivity index (χ1) is 9.89. The van der Waals surface area contributed by atoms with E-state index in [1.165, 1.54) is 12.1 Å². The van der Waals surface area contributed by atoms with Crippen molar-refractivity contribution < 1.29 is 17.9 Å². The highest BCUT2D eigenvalue weighted by atomic mass is 19.4. The van der Waals surface area contributed by atoms with Crippen LogP contribution in [0.3, 0.4) is 0 Å². The molecule has 0 unspecified atom stereocenters. The molecule has 0 heterocycles. The summed E-state index contributed by atoms with van der Waals surface area (Å²) in [5.41, 5.74) is 3.54. The Hall–Kier alpha value is -2.48. The lowest BCUT2D eigenvalue weighted by molar-refractivity contribution is -0.274. The highest BCUT2D eigenvalue weighted by Gasteiger charge is 2.30. The van der Waals surface area contributed by atoms with Crippen molar-refractivity contribution in [3.8, 4) is 22.9 Å². The molecule has 2 aromatic carbocycles. The average Bonchev–Trinajstić information content (AvgIpc) is 2.41. The van der Waals surface area contributed by atoms with Crippen LogP contribution < -0.4 is 4.74 Å². The number of benzene rings is 2. The highest BCUT2D eigenvalue weighted by Crippen LogP contribution is 2.27. The first kappa shape index (κ1) is 14.9. The fourth-order valence-corrected chi connectivity index (χ4v) is 1.98. The lowest BCUT2D eigenvalue weighted by Gasteiger charge is -2.10. The second-order valence-corrected chi connectivity index (χ2v) is 4.55. The molecule has 0 saturated heterocycles. The minimum Gasteiger partial charge on any atom is -0.406 e. The normalized spacial score (nSPS) is 11.0. The van der Waals surface area contributed by atoms with E-state index in [1.807, 2.05) is 25.1 Å². The monoisotopic (exact) mass is 291 g/mol. The van der Waals surface area contributed by atoms with E-state index in [0.29, 0.717) is 6.42 Å². The summed E-state index contributed by atoms with van der Waals surface area (Å²) in [5.74, 6) is -0.254. The van der Waals surface area contributed by atoms with Gasteiger partial charge in [-0.2, -0.15) is 5.26 Å². The molecule has 0 aromatic heterocycles. The Balaban J connectivity index is 2.27. The highest BCUT2D eigenvalue weighted by molar-refractivity contribution is 5.65. The molecule has 108 valence electrons. The van der Waals surface area contributed by atoms with Crippen LogP contribution in [0, 0.1) is 18.3 Å². The maximum Gasteiger partial charge on any atom is 0.573 e. The summed E-state index contributed by atoms with van der Waals surface area (Å²) in [6, 6.07) is 13.4. The van der Waals surface area contributed by atoms with Crippen LogP contribution in [0.25, 0.3) is 11.1 Å². The Morgan fingerprint density at radius 3 is 2.24 bits per heavy atom. The second kappa shape index (κ2) is 5.88. The van der Waals surface area contributed by atoms with Crippen LogP contribution in [0.15, 0.2) is 42.5 Å². The summed E-state index contributed by atoms with van der Waals surface area (Å²) < 4.78 is 40.1. The second-order valence-electron chi connectivity index (χ2n) is 4.55. The predicted molar refractivity (Wildman–Crippen MR) is 72.6 cm³/mol. The molecule has 0 spiro atoms. The van der Waals surface area contributed by atoms with Crippen LogP contribution in [-0.4, -0.2) is 6.36 Å². The van der Waals surface area contributed by atoms with Gasteiger partial charge in [-0.15, -0.1) is 13.2 Å². The zero-order valence-corrected chi connectivity index (χ0v) is 11.2. The van der Waals surface area contributed by atoms with Crippen molar-refractivity contribution >= 4 is 0 Å². The molecule has 0 aliphatic carbocycles. The number of nitrogens with zero attached hydrogens (tertiary/aromatic N) is 1. The fraction of sp³-hybridized carbons (Fsp3) is 0.188. The first-order valence-corrected chi connectivity index (χ1v) is 6.22. The minimum absolute atomic E-state index is 0.254. The van der Waals surface area contributed by atoms with E-state index in [9.17, 15) is 13.2 Å². The Morgan fingerprint density at radius 1 is 1.05 bits per heavy atom. The van der Waals surface area contributed by atoms with Crippen LogP contribution in [-0.2, 0) is 6.42 Å². The van der Waals surface area contributed by atoms with E-state index in [2.05, 4.69) is 10.8 Å². The van der Waals surface area contributed by atoms with Crippen LogP contribution in [0.5, 0.6) is 5.75 Å². The largest absolute Gasteiger partial charge is 0.573 e. The Labute approximate surface area is 120 Å². The molecule has 2 nitrogen and oxygen atoms in total. The summed E-state index contributed by atoms with van der Waals surface area (Å²) in [4.78, 5) is 0. The maximum absolute atomic E-state index is 12.1. The molecule has 5 heteroatoms. The molecule has 0 amide bonds. The maximum atomic E-state index is 12.1. The van der Waals surface area contributed by atoms with Crippen molar-refractivity contribution in [1.29, 1.82) is 5.26 Å². The molecule has 0 aliphatic heterocycles. The lowest BCUT2D eigenvalue weighted by atomic mass is 9.98. The molecule has 0 aliphatic rings. The Bertz CT molecular complexity index is 669. The molecule has 0 saturated carbocycles. The van der Waals surface area contributed by atoms with E-state index in [4.69, 9.17) is 5.26 Å². The van der Waals surface area contributed by atoms with Crippen LogP contribution >= 0.6 is 0 Å². The Kier molecular flexibility index (Phi) is 4.18. The van der Waals surface area contributed by atoms with Gasteiger partial charge in [0.1, 0.15) is 5.75 Å². The number of ether oxygens (including phenoxy) is 1. The lowest BCUT2D eigenvalue weighted by Crippen LogP contribution is -2.16. The zero-order valence-electron chi connectivity index (χ0n) is 11.2. The minimum atomic E-state index is -4.69. The first-order valence-electron chi connectivity index (χ1n) is 6.22. The molecule has 0 atom stereocenters. The van der Waals surface area contributed by atoms with Crippen molar-refractivity contribution in [1.82, 2.24) is 0 Å². The molecular weight excluding hydrogens is 279 g/mol. The van der Waals surface area contributed by atoms with Gasteiger partial charge in [-0.1, -0.05) is 24.3 Å². The number of rotatable bonds is 3. The third-order valence-electron chi connectivity index (χ3n) is 3.04. The molecule has 2 aromatic rings. The summed E-state index contributed by atoms with van der Waals surface area (Å²) in [6.45, 7) is 1.91. The molecule has 0 radical (unpaired) electrons. The van der Waals surface area contributed by atoms with Crippen molar-refractivity contribution in [3.63, 3.8) is 0 Å². The number of hydrogen-bond acceptors (Lipinski definition) is 2. The predicted octanol–water partition coefficient (Wildman–Crippen LogP) is 4.63. The topological polar surface area (TPSA) is 33.0 Å². The smallest absolute Gasteiger partial charge is 0.406 e. The fourth-order valence-electron chi connectivity index (χ4n) is 1.98. The molecular formula is C16H12F3NO. The van der Waals surface area contributed by atoms with Crippen LogP contribution in [0.2, 0.25) is 0 Å². The zero-order chi connectivity index (χ0) is 15.5. The Morgan fingerprint density at radius 2 is 1.67 bits per heavy atom. The molecule has 21 heavy (non-hydrogen) atoms. The van der Waals surface area contributed by atoms with E-state index >= 15 is 0 Å². The van der Waals surface area contributed by atoms with Gasteiger partial charge >= 0.3 is 6.36 Å².